The Morgan fingerprint density at radius 2 is 2.24 bits per heavy atom. The number of nitriles is 1. The molecule has 0 radical (unpaired) electrons. The normalized spacial score (nSPS) is 10.6. The van der Waals surface area contributed by atoms with E-state index in [9.17, 15) is 0 Å². The van der Waals surface area contributed by atoms with Crippen LogP contribution in [0.15, 0.2) is 28.7 Å². The Hall–Kier alpha value is -2.03. The second-order valence-corrected chi connectivity index (χ2v) is 5.49. The van der Waals surface area contributed by atoms with E-state index in [1.807, 2.05) is 18.2 Å². The molecule has 21 heavy (non-hydrogen) atoms. The second kappa shape index (κ2) is 7.11. The van der Waals surface area contributed by atoms with Gasteiger partial charge in [0.1, 0.15) is 6.07 Å². The monoisotopic (exact) mass is 305 g/mol. The number of oxazole rings is 1. The van der Waals surface area contributed by atoms with Crippen molar-refractivity contribution in [2.75, 3.05) is 32.5 Å². The van der Waals surface area contributed by atoms with Crippen LogP contribution in [0, 0.1) is 11.3 Å². The quantitative estimate of drug-likeness (QED) is 0.799. The van der Waals surface area contributed by atoms with Crippen LogP contribution in [-0.4, -0.2) is 32.2 Å². The smallest absolute Gasteiger partial charge is 0.232 e. The highest BCUT2D eigenvalue weighted by Gasteiger charge is 2.14. The van der Waals surface area contributed by atoms with Crippen molar-refractivity contribution in [2.24, 2.45) is 0 Å². The number of nitrogens with one attached hydrogen (secondary N) is 2. The number of benzene rings is 1. The van der Waals surface area contributed by atoms with Gasteiger partial charge in [0.2, 0.25) is 17.5 Å². The molecule has 1 aromatic heterocycles. The summed E-state index contributed by atoms with van der Waals surface area (Å²) in [6.45, 7) is 1.79. The van der Waals surface area contributed by atoms with Gasteiger partial charge in [0.05, 0.1) is 20.6 Å². The Balaban J connectivity index is 2.11. The summed E-state index contributed by atoms with van der Waals surface area (Å²) in [4.78, 5) is 5.58. The van der Waals surface area contributed by atoms with Gasteiger partial charge in [0.15, 0.2) is 0 Å². The third kappa shape index (κ3) is 4.22. The highest BCUT2D eigenvalue weighted by Crippen LogP contribution is 2.26. The van der Waals surface area contributed by atoms with Gasteiger partial charge in [0.25, 0.3) is 0 Å². The zero-order valence-corrected chi connectivity index (χ0v) is 12.9. The van der Waals surface area contributed by atoms with E-state index < -0.39 is 0 Å². The largest absolute Gasteiger partial charge is 0.419 e. The summed E-state index contributed by atoms with van der Waals surface area (Å²) in [6, 6.07) is 9.25. The first-order chi connectivity index (χ1) is 10.1. The van der Waals surface area contributed by atoms with Gasteiger partial charge in [-0.25, -0.2) is 0 Å². The molecule has 0 amide bonds. The van der Waals surface area contributed by atoms with E-state index >= 15 is 0 Å². The summed E-state index contributed by atoms with van der Waals surface area (Å²) in [7, 11) is 4.21. The maximum Gasteiger partial charge on any atom is 0.232 e. The second-order valence-electron chi connectivity index (χ2n) is 5.06. The van der Waals surface area contributed by atoms with Gasteiger partial charge < -0.3 is 14.6 Å². The van der Waals surface area contributed by atoms with E-state index in [1.165, 1.54) is 4.90 Å². The minimum atomic E-state index is 0.266. The molecular weight excluding hydrogens is 288 g/mol. The van der Waals surface area contributed by atoms with Crippen LogP contribution in [0.4, 0.5) is 5.88 Å². The number of anilines is 1. The van der Waals surface area contributed by atoms with Crippen molar-refractivity contribution in [3.8, 4) is 17.5 Å². The first-order valence-electron chi connectivity index (χ1n) is 6.80. The summed E-state index contributed by atoms with van der Waals surface area (Å²) in [5, 5.41) is 12.9. The summed E-state index contributed by atoms with van der Waals surface area (Å²) in [6.07, 6.45) is 0.987. The average molecular weight is 306 g/mol. The van der Waals surface area contributed by atoms with Gasteiger partial charge in [-0.1, -0.05) is 17.7 Å². The van der Waals surface area contributed by atoms with Crippen molar-refractivity contribution in [1.29, 1.82) is 5.26 Å². The molecule has 0 saturated carbocycles. The number of quaternary nitrogens is 1. The van der Waals surface area contributed by atoms with Gasteiger partial charge in [-0.3, -0.25) is 0 Å². The number of hydrogen-bond donors (Lipinski definition) is 2. The molecule has 5 nitrogen and oxygen atoms in total. The maximum atomic E-state index is 9.14. The Labute approximate surface area is 129 Å². The first-order valence-corrected chi connectivity index (χ1v) is 7.17. The topological polar surface area (TPSA) is 66.3 Å². The third-order valence-electron chi connectivity index (χ3n) is 2.94. The SMILES string of the molecule is C[NH+](C)CCCNc1oc(-c2cccc(Cl)c2)nc1C#N. The summed E-state index contributed by atoms with van der Waals surface area (Å²) in [5.41, 5.74) is 1.02. The lowest BCUT2D eigenvalue weighted by molar-refractivity contribution is -0.858. The maximum absolute atomic E-state index is 9.14. The standard InChI is InChI=1S/C15H17ClN4O/c1-20(2)8-4-7-18-15-13(10-17)19-14(21-15)11-5-3-6-12(16)9-11/h3,5-6,9,18H,4,7-8H2,1-2H3/p+1. The molecule has 0 saturated heterocycles. The van der Waals surface area contributed by atoms with Crippen LogP contribution >= 0.6 is 11.6 Å². The van der Waals surface area contributed by atoms with E-state index in [0.717, 1.165) is 25.1 Å². The first kappa shape index (κ1) is 15.4. The Morgan fingerprint density at radius 1 is 1.43 bits per heavy atom. The lowest BCUT2D eigenvalue weighted by atomic mass is 10.2. The predicted octanol–water partition coefficient (Wildman–Crippen LogP) is 1.81. The van der Waals surface area contributed by atoms with Gasteiger partial charge in [-0.2, -0.15) is 10.2 Å². The molecule has 0 bridgehead atoms. The number of halogens is 1. The molecular formula is C15H18ClN4O+. The van der Waals surface area contributed by atoms with Gasteiger partial charge in [-0.05, 0) is 18.2 Å². The number of aromatic nitrogens is 1. The molecule has 0 spiro atoms. The Kier molecular flexibility index (Phi) is 5.20. The highest BCUT2D eigenvalue weighted by molar-refractivity contribution is 6.30. The lowest BCUT2D eigenvalue weighted by Gasteiger charge is -2.07. The predicted molar refractivity (Wildman–Crippen MR) is 82.4 cm³/mol. The number of hydrogen-bond acceptors (Lipinski definition) is 4. The van der Waals surface area contributed by atoms with Crippen molar-refractivity contribution in [1.82, 2.24) is 4.98 Å². The number of nitrogens with zero attached hydrogens (tertiary/aromatic N) is 2. The van der Waals surface area contributed by atoms with E-state index in [2.05, 4.69) is 24.4 Å². The van der Waals surface area contributed by atoms with Crippen molar-refractivity contribution in [3.63, 3.8) is 0 Å². The van der Waals surface area contributed by atoms with E-state index in [-0.39, 0.29) is 5.69 Å². The van der Waals surface area contributed by atoms with Crippen LogP contribution in [0.3, 0.4) is 0 Å². The molecule has 0 aliphatic rings. The van der Waals surface area contributed by atoms with Crippen LogP contribution in [0.5, 0.6) is 0 Å². The van der Waals surface area contributed by atoms with Crippen LogP contribution in [-0.2, 0) is 0 Å². The average Bonchev–Trinajstić information content (AvgIpc) is 2.86. The van der Waals surface area contributed by atoms with E-state index in [0.29, 0.717) is 16.8 Å². The van der Waals surface area contributed by atoms with Crippen molar-refractivity contribution in [2.45, 2.75) is 6.42 Å². The van der Waals surface area contributed by atoms with E-state index in [1.54, 1.807) is 12.1 Å². The molecule has 0 aliphatic carbocycles. The minimum absolute atomic E-state index is 0.266. The third-order valence-corrected chi connectivity index (χ3v) is 3.18. The van der Waals surface area contributed by atoms with Gasteiger partial charge >= 0.3 is 0 Å². The zero-order chi connectivity index (χ0) is 15.2. The summed E-state index contributed by atoms with van der Waals surface area (Å²) >= 11 is 5.95. The van der Waals surface area contributed by atoms with Crippen LogP contribution in [0.2, 0.25) is 5.02 Å². The molecule has 2 N–H and O–H groups in total. The molecule has 2 rings (SSSR count). The number of rotatable bonds is 6. The fourth-order valence-corrected chi connectivity index (χ4v) is 2.09. The summed E-state index contributed by atoms with van der Waals surface area (Å²) < 4.78 is 5.64. The van der Waals surface area contributed by atoms with Crippen LogP contribution < -0.4 is 10.2 Å². The summed E-state index contributed by atoms with van der Waals surface area (Å²) in [5.74, 6) is 0.816. The van der Waals surface area contributed by atoms with Crippen molar-refractivity contribution in [3.05, 3.63) is 35.0 Å². The minimum Gasteiger partial charge on any atom is -0.419 e. The fourth-order valence-electron chi connectivity index (χ4n) is 1.90. The molecule has 110 valence electrons. The molecule has 1 aromatic carbocycles. The fraction of sp³-hybridized carbons (Fsp3) is 0.333. The van der Waals surface area contributed by atoms with E-state index in [4.69, 9.17) is 21.3 Å². The molecule has 1 heterocycles. The molecule has 0 atom stereocenters. The molecule has 2 aromatic rings. The van der Waals surface area contributed by atoms with Gasteiger partial charge in [0, 0.05) is 23.6 Å². The molecule has 0 unspecified atom stereocenters. The van der Waals surface area contributed by atoms with Crippen LogP contribution in [0.25, 0.3) is 11.5 Å². The molecule has 6 heteroatoms. The van der Waals surface area contributed by atoms with Crippen molar-refractivity contribution >= 4 is 17.5 Å². The van der Waals surface area contributed by atoms with Gasteiger partial charge in [-0.15, -0.1) is 0 Å². The molecule has 0 fully saturated rings. The van der Waals surface area contributed by atoms with Crippen molar-refractivity contribution < 1.29 is 9.32 Å². The zero-order valence-electron chi connectivity index (χ0n) is 12.1. The Morgan fingerprint density at radius 3 is 2.90 bits per heavy atom. The lowest BCUT2D eigenvalue weighted by Crippen LogP contribution is -3.05. The highest BCUT2D eigenvalue weighted by atomic mass is 35.5. The Bertz CT molecular complexity index is 645. The van der Waals surface area contributed by atoms with Crippen LogP contribution in [0.1, 0.15) is 12.1 Å². The molecule has 0 aliphatic heterocycles.